The minimum atomic E-state index is 0.145. The molecule has 0 radical (unpaired) electrons. The number of ether oxygens (including phenoxy) is 2. The third-order valence-electron chi connectivity index (χ3n) is 2.73. The molecular formula is C10H18O2. The molecule has 1 aliphatic rings. The van der Waals surface area contributed by atoms with Crippen LogP contribution in [0.4, 0.5) is 0 Å². The second-order valence-corrected chi connectivity index (χ2v) is 3.52. The summed E-state index contributed by atoms with van der Waals surface area (Å²) in [6.45, 7) is 4.38. The summed E-state index contributed by atoms with van der Waals surface area (Å²) in [6, 6.07) is 0. The molecule has 0 aromatic heterocycles. The van der Waals surface area contributed by atoms with Crippen LogP contribution >= 0.6 is 0 Å². The Balaban J connectivity index is 2.70. The summed E-state index contributed by atoms with van der Waals surface area (Å²) < 4.78 is 10.7. The molecule has 0 amide bonds. The molecule has 0 saturated heterocycles. The Labute approximate surface area is 74.6 Å². The molecule has 12 heavy (non-hydrogen) atoms. The van der Waals surface area contributed by atoms with Gasteiger partial charge in [-0.15, -0.1) is 0 Å². The predicted octanol–water partition coefficient (Wildman–Crippen LogP) is 2.00. The average Bonchev–Trinajstić information content (AvgIpc) is 2.09. The highest BCUT2D eigenvalue weighted by atomic mass is 16.5. The van der Waals surface area contributed by atoms with Crippen molar-refractivity contribution in [2.24, 2.45) is 5.92 Å². The number of hydrogen-bond acceptors (Lipinski definition) is 2. The van der Waals surface area contributed by atoms with Gasteiger partial charge in [0, 0.05) is 14.2 Å². The van der Waals surface area contributed by atoms with E-state index >= 15 is 0 Å². The van der Waals surface area contributed by atoms with Gasteiger partial charge in [-0.2, -0.15) is 0 Å². The second-order valence-electron chi connectivity index (χ2n) is 3.52. The van der Waals surface area contributed by atoms with Crippen LogP contribution in [-0.4, -0.2) is 26.4 Å². The summed E-state index contributed by atoms with van der Waals surface area (Å²) in [6.07, 6.45) is 3.61. The second kappa shape index (κ2) is 4.06. The van der Waals surface area contributed by atoms with Gasteiger partial charge < -0.3 is 9.47 Å². The van der Waals surface area contributed by atoms with Crippen molar-refractivity contribution in [3.8, 4) is 0 Å². The maximum Gasteiger partial charge on any atom is 0.102 e. The van der Waals surface area contributed by atoms with Gasteiger partial charge in [-0.25, -0.2) is 0 Å². The van der Waals surface area contributed by atoms with Gasteiger partial charge in [0.05, 0.1) is 6.10 Å². The van der Waals surface area contributed by atoms with Crippen LogP contribution in [0.15, 0.2) is 11.6 Å². The maximum absolute atomic E-state index is 5.34. The lowest BCUT2D eigenvalue weighted by atomic mass is 9.87. The lowest BCUT2D eigenvalue weighted by Crippen LogP contribution is -2.34. The van der Waals surface area contributed by atoms with Crippen LogP contribution in [0.3, 0.4) is 0 Å². The fraction of sp³-hybridized carbons (Fsp3) is 0.800. The Kier molecular flexibility index (Phi) is 3.29. The Morgan fingerprint density at radius 2 is 2.00 bits per heavy atom. The van der Waals surface area contributed by atoms with Crippen LogP contribution < -0.4 is 0 Å². The molecule has 70 valence electrons. The first kappa shape index (κ1) is 9.75. The van der Waals surface area contributed by atoms with Crippen LogP contribution in [0.25, 0.3) is 0 Å². The van der Waals surface area contributed by atoms with Crippen molar-refractivity contribution in [2.75, 3.05) is 14.2 Å². The van der Waals surface area contributed by atoms with E-state index in [2.05, 4.69) is 19.9 Å². The van der Waals surface area contributed by atoms with E-state index in [1.54, 1.807) is 14.2 Å². The van der Waals surface area contributed by atoms with Crippen molar-refractivity contribution >= 4 is 0 Å². The van der Waals surface area contributed by atoms with Gasteiger partial charge in [0.2, 0.25) is 0 Å². The summed E-state index contributed by atoms with van der Waals surface area (Å²) in [5.41, 5.74) is 1.41. The van der Waals surface area contributed by atoms with E-state index in [0.717, 1.165) is 6.42 Å². The van der Waals surface area contributed by atoms with E-state index in [9.17, 15) is 0 Å². The number of rotatable bonds is 2. The summed E-state index contributed by atoms with van der Waals surface area (Å²) in [5, 5.41) is 0. The summed E-state index contributed by atoms with van der Waals surface area (Å²) >= 11 is 0. The largest absolute Gasteiger partial charge is 0.378 e. The standard InChI is InChI=1S/C10H18O2/c1-7-5-9(11-3)10(12-4)6-8(7)2/h5,8-10H,6H2,1-4H3. The molecule has 0 saturated carbocycles. The van der Waals surface area contributed by atoms with Crippen molar-refractivity contribution in [1.82, 2.24) is 0 Å². The molecule has 2 heteroatoms. The maximum atomic E-state index is 5.34. The molecule has 1 aliphatic carbocycles. The first-order valence-electron chi connectivity index (χ1n) is 4.43. The lowest BCUT2D eigenvalue weighted by molar-refractivity contribution is -0.0268. The molecule has 0 N–H and O–H groups in total. The summed E-state index contributed by atoms with van der Waals surface area (Å²) in [4.78, 5) is 0. The SMILES string of the molecule is COC1C=C(C)C(C)CC1OC. The molecule has 0 spiro atoms. The average molecular weight is 170 g/mol. The molecule has 0 fully saturated rings. The quantitative estimate of drug-likeness (QED) is 0.590. The Morgan fingerprint density at radius 1 is 1.33 bits per heavy atom. The topological polar surface area (TPSA) is 18.5 Å². The normalized spacial score (nSPS) is 36.3. The van der Waals surface area contributed by atoms with Crippen LogP contribution in [0.5, 0.6) is 0 Å². The minimum Gasteiger partial charge on any atom is -0.378 e. The highest BCUT2D eigenvalue weighted by molar-refractivity contribution is 5.12. The summed E-state index contributed by atoms with van der Waals surface area (Å²) in [5.74, 6) is 0.626. The summed E-state index contributed by atoms with van der Waals surface area (Å²) in [7, 11) is 3.48. The van der Waals surface area contributed by atoms with Gasteiger partial charge in [0.1, 0.15) is 6.10 Å². The molecule has 3 unspecified atom stereocenters. The highest BCUT2D eigenvalue weighted by Gasteiger charge is 2.26. The van der Waals surface area contributed by atoms with Crippen molar-refractivity contribution in [3.63, 3.8) is 0 Å². The zero-order chi connectivity index (χ0) is 9.14. The smallest absolute Gasteiger partial charge is 0.102 e. The van der Waals surface area contributed by atoms with Crippen LogP contribution in [0, 0.1) is 5.92 Å². The van der Waals surface area contributed by atoms with E-state index in [4.69, 9.17) is 9.47 Å². The molecule has 1 rings (SSSR count). The fourth-order valence-electron chi connectivity index (χ4n) is 1.65. The Hall–Kier alpha value is -0.340. The molecule has 0 aliphatic heterocycles. The van der Waals surface area contributed by atoms with Gasteiger partial charge in [-0.05, 0) is 19.3 Å². The molecule has 0 aromatic rings. The van der Waals surface area contributed by atoms with Gasteiger partial charge in [-0.3, -0.25) is 0 Å². The fourth-order valence-corrected chi connectivity index (χ4v) is 1.65. The number of allylic oxidation sites excluding steroid dienone is 1. The number of hydrogen-bond donors (Lipinski definition) is 0. The Bertz CT molecular complexity index is 175. The van der Waals surface area contributed by atoms with E-state index in [1.807, 2.05) is 0 Å². The monoisotopic (exact) mass is 170 g/mol. The van der Waals surface area contributed by atoms with Crippen molar-refractivity contribution < 1.29 is 9.47 Å². The number of methoxy groups -OCH3 is 2. The zero-order valence-corrected chi connectivity index (χ0v) is 8.33. The molecule has 0 aromatic carbocycles. The van der Waals surface area contributed by atoms with Crippen molar-refractivity contribution in [1.29, 1.82) is 0 Å². The highest BCUT2D eigenvalue weighted by Crippen LogP contribution is 2.27. The Morgan fingerprint density at radius 3 is 2.50 bits per heavy atom. The van der Waals surface area contributed by atoms with Gasteiger partial charge in [-0.1, -0.05) is 18.6 Å². The van der Waals surface area contributed by atoms with E-state index < -0.39 is 0 Å². The van der Waals surface area contributed by atoms with Crippen LogP contribution in [0.1, 0.15) is 20.3 Å². The van der Waals surface area contributed by atoms with Crippen LogP contribution in [0.2, 0.25) is 0 Å². The predicted molar refractivity (Wildman–Crippen MR) is 49.1 cm³/mol. The molecule has 0 bridgehead atoms. The molecular weight excluding hydrogens is 152 g/mol. The third kappa shape index (κ3) is 1.87. The first-order chi connectivity index (χ1) is 5.69. The van der Waals surface area contributed by atoms with E-state index in [1.165, 1.54) is 5.57 Å². The lowest BCUT2D eigenvalue weighted by Gasteiger charge is -2.31. The molecule has 2 nitrogen and oxygen atoms in total. The van der Waals surface area contributed by atoms with E-state index in [-0.39, 0.29) is 12.2 Å². The van der Waals surface area contributed by atoms with Crippen LogP contribution in [-0.2, 0) is 9.47 Å². The first-order valence-corrected chi connectivity index (χ1v) is 4.43. The third-order valence-corrected chi connectivity index (χ3v) is 2.73. The minimum absolute atomic E-state index is 0.145. The zero-order valence-electron chi connectivity index (χ0n) is 8.33. The van der Waals surface area contributed by atoms with Gasteiger partial charge in [0.15, 0.2) is 0 Å². The molecule has 3 atom stereocenters. The van der Waals surface area contributed by atoms with Crippen molar-refractivity contribution in [3.05, 3.63) is 11.6 Å². The van der Waals surface area contributed by atoms with Crippen molar-refractivity contribution in [2.45, 2.75) is 32.5 Å². The van der Waals surface area contributed by atoms with Gasteiger partial charge in [0.25, 0.3) is 0 Å². The molecule has 0 heterocycles. The van der Waals surface area contributed by atoms with E-state index in [0.29, 0.717) is 5.92 Å². The van der Waals surface area contributed by atoms with Gasteiger partial charge >= 0.3 is 0 Å².